The number of nitrogen functional groups attached to an aromatic ring is 1. The summed E-state index contributed by atoms with van der Waals surface area (Å²) >= 11 is 5.89. The van der Waals surface area contributed by atoms with Crippen LogP contribution < -0.4 is 5.73 Å². The van der Waals surface area contributed by atoms with Gasteiger partial charge >= 0.3 is 0 Å². The number of anilines is 1. The Morgan fingerprint density at radius 3 is 2.76 bits per heavy atom. The van der Waals surface area contributed by atoms with E-state index in [-0.39, 0.29) is 0 Å². The Morgan fingerprint density at radius 1 is 1.24 bits per heavy atom. The maximum Gasteiger partial charge on any atom is 0.189 e. The molecule has 5 nitrogen and oxygen atoms in total. The molecule has 0 spiro atoms. The predicted molar refractivity (Wildman–Crippen MR) is 78.7 cm³/mol. The lowest BCUT2D eigenvalue weighted by Crippen LogP contribution is -2.06. The minimum Gasteiger partial charge on any atom is -0.398 e. The molecule has 0 bridgehead atoms. The molecular formula is C14H11ClFN5. The number of hydrogen-bond acceptors (Lipinski definition) is 4. The van der Waals surface area contributed by atoms with Crippen molar-refractivity contribution in [1.82, 2.24) is 20.2 Å². The summed E-state index contributed by atoms with van der Waals surface area (Å²) < 4.78 is 15.4. The predicted octanol–water partition coefficient (Wildman–Crippen LogP) is 3.01. The molecule has 0 radical (unpaired) electrons. The van der Waals surface area contributed by atoms with E-state index in [1.807, 2.05) is 0 Å². The number of nitrogens with two attached hydrogens (primary N) is 1. The molecule has 3 aromatic rings. The summed E-state index contributed by atoms with van der Waals surface area (Å²) in [5.41, 5.74) is 7.98. The zero-order chi connectivity index (χ0) is 15.0. The van der Waals surface area contributed by atoms with Gasteiger partial charge in [0.15, 0.2) is 5.82 Å². The third-order valence-electron chi connectivity index (χ3n) is 3.12. The maximum absolute atomic E-state index is 14.1. The minimum atomic E-state index is -0.406. The van der Waals surface area contributed by atoms with Crippen LogP contribution in [0, 0.1) is 12.7 Å². The number of tetrazole rings is 1. The van der Waals surface area contributed by atoms with Crippen molar-refractivity contribution in [2.24, 2.45) is 0 Å². The van der Waals surface area contributed by atoms with E-state index in [4.69, 9.17) is 17.3 Å². The highest BCUT2D eigenvalue weighted by Gasteiger charge is 2.17. The van der Waals surface area contributed by atoms with Crippen molar-refractivity contribution in [2.45, 2.75) is 6.92 Å². The van der Waals surface area contributed by atoms with Crippen LogP contribution in [0.2, 0.25) is 5.02 Å². The van der Waals surface area contributed by atoms with Crippen LogP contribution in [0.4, 0.5) is 10.1 Å². The molecule has 0 aliphatic rings. The molecule has 21 heavy (non-hydrogen) atoms. The second-order valence-corrected chi connectivity index (χ2v) is 4.99. The molecular weight excluding hydrogens is 293 g/mol. The first-order chi connectivity index (χ1) is 10.1. The van der Waals surface area contributed by atoms with Crippen molar-refractivity contribution in [2.75, 3.05) is 5.73 Å². The number of halogens is 2. The SMILES string of the molecule is Cc1cccc(F)c1-n1nnnc1-c1ccc(Cl)cc1N. The van der Waals surface area contributed by atoms with Crippen molar-refractivity contribution < 1.29 is 4.39 Å². The van der Waals surface area contributed by atoms with Gasteiger partial charge in [0.25, 0.3) is 0 Å². The lowest BCUT2D eigenvalue weighted by Gasteiger charge is -2.10. The first kappa shape index (κ1) is 13.5. The van der Waals surface area contributed by atoms with Gasteiger partial charge in [0.05, 0.1) is 0 Å². The van der Waals surface area contributed by atoms with Gasteiger partial charge in [-0.2, -0.15) is 4.68 Å². The Balaban J connectivity index is 2.22. The first-order valence-electron chi connectivity index (χ1n) is 6.17. The molecule has 7 heteroatoms. The van der Waals surface area contributed by atoms with E-state index in [1.165, 1.54) is 10.7 Å². The summed E-state index contributed by atoms with van der Waals surface area (Å²) in [5.74, 6) is -0.0477. The van der Waals surface area contributed by atoms with Gasteiger partial charge in [-0.25, -0.2) is 4.39 Å². The molecule has 0 saturated carbocycles. The molecule has 2 N–H and O–H groups in total. The van der Waals surface area contributed by atoms with Gasteiger partial charge < -0.3 is 5.73 Å². The molecule has 0 saturated heterocycles. The number of para-hydroxylation sites is 1. The Bertz CT molecular complexity index is 795. The minimum absolute atomic E-state index is 0.298. The first-order valence-corrected chi connectivity index (χ1v) is 6.55. The van der Waals surface area contributed by atoms with Gasteiger partial charge in [-0.3, -0.25) is 0 Å². The molecule has 1 aromatic heterocycles. The van der Waals surface area contributed by atoms with E-state index in [0.717, 1.165) is 5.56 Å². The molecule has 1 heterocycles. The number of aryl methyl sites for hydroxylation is 1. The Kier molecular flexibility index (Phi) is 3.31. The van der Waals surface area contributed by atoms with Crippen molar-refractivity contribution >= 4 is 17.3 Å². The van der Waals surface area contributed by atoms with Crippen LogP contribution in [0.1, 0.15) is 5.56 Å². The van der Waals surface area contributed by atoms with E-state index >= 15 is 0 Å². The monoisotopic (exact) mass is 303 g/mol. The van der Waals surface area contributed by atoms with Crippen LogP contribution in [0.5, 0.6) is 0 Å². The van der Waals surface area contributed by atoms with Gasteiger partial charge in [-0.1, -0.05) is 23.7 Å². The molecule has 0 amide bonds. The summed E-state index contributed by atoms with van der Waals surface area (Å²) in [6, 6.07) is 9.77. The number of aromatic nitrogens is 4. The van der Waals surface area contributed by atoms with E-state index in [9.17, 15) is 4.39 Å². The average Bonchev–Trinajstić information content (AvgIpc) is 2.87. The normalized spacial score (nSPS) is 10.8. The van der Waals surface area contributed by atoms with Gasteiger partial charge in [0, 0.05) is 16.3 Å². The van der Waals surface area contributed by atoms with E-state index in [1.54, 1.807) is 37.3 Å². The number of nitrogens with zero attached hydrogens (tertiary/aromatic N) is 4. The fraction of sp³-hybridized carbons (Fsp3) is 0.0714. The Labute approximate surface area is 125 Å². The summed E-state index contributed by atoms with van der Waals surface area (Å²) in [7, 11) is 0. The quantitative estimate of drug-likeness (QED) is 0.739. The van der Waals surface area contributed by atoms with Crippen molar-refractivity contribution in [3.05, 3.63) is 52.8 Å². The van der Waals surface area contributed by atoms with Gasteiger partial charge in [0.2, 0.25) is 0 Å². The zero-order valence-corrected chi connectivity index (χ0v) is 11.8. The summed E-state index contributed by atoms with van der Waals surface area (Å²) in [4.78, 5) is 0. The van der Waals surface area contributed by atoms with Crippen LogP contribution in [-0.4, -0.2) is 20.2 Å². The summed E-state index contributed by atoms with van der Waals surface area (Å²) in [6.45, 7) is 1.79. The van der Waals surface area contributed by atoms with Crippen LogP contribution >= 0.6 is 11.6 Å². The fourth-order valence-electron chi connectivity index (χ4n) is 2.13. The molecule has 2 aromatic carbocycles. The molecule has 3 rings (SSSR count). The second kappa shape index (κ2) is 5.14. The van der Waals surface area contributed by atoms with E-state index < -0.39 is 5.82 Å². The highest BCUT2D eigenvalue weighted by molar-refractivity contribution is 6.31. The molecule has 106 valence electrons. The third-order valence-corrected chi connectivity index (χ3v) is 3.36. The largest absolute Gasteiger partial charge is 0.398 e. The molecule has 0 unspecified atom stereocenters. The molecule has 0 aliphatic heterocycles. The van der Waals surface area contributed by atoms with Gasteiger partial charge in [0.1, 0.15) is 11.5 Å². The number of hydrogen-bond donors (Lipinski definition) is 1. The number of benzene rings is 2. The van der Waals surface area contributed by atoms with Crippen LogP contribution in [-0.2, 0) is 0 Å². The average molecular weight is 304 g/mol. The summed E-state index contributed by atoms with van der Waals surface area (Å²) in [5, 5.41) is 12.0. The lowest BCUT2D eigenvalue weighted by atomic mass is 10.1. The van der Waals surface area contributed by atoms with Crippen molar-refractivity contribution in [3.8, 4) is 17.1 Å². The lowest BCUT2D eigenvalue weighted by molar-refractivity contribution is 0.606. The van der Waals surface area contributed by atoms with Crippen LogP contribution in [0.15, 0.2) is 36.4 Å². The van der Waals surface area contributed by atoms with Crippen molar-refractivity contribution in [3.63, 3.8) is 0 Å². The fourth-order valence-corrected chi connectivity index (χ4v) is 2.31. The molecule has 0 aliphatic carbocycles. The van der Waals surface area contributed by atoms with E-state index in [2.05, 4.69) is 15.5 Å². The smallest absolute Gasteiger partial charge is 0.189 e. The number of rotatable bonds is 2. The van der Waals surface area contributed by atoms with E-state index in [0.29, 0.717) is 27.8 Å². The highest BCUT2D eigenvalue weighted by Crippen LogP contribution is 2.29. The van der Waals surface area contributed by atoms with Crippen molar-refractivity contribution in [1.29, 1.82) is 0 Å². The Morgan fingerprint density at radius 2 is 2.05 bits per heavy atom. The van der Waals surface area contributed by atoms with Gasteiger partial charge in [-0.05, 0) is 47.2 Å². The maximum atomic E-state index is 14.1. The molecule has 0 fully saturated rings. The zero-order valence-electron chi connectivity index (χ0n) is 11.1. The standard InChI is InChI=1S/C14H11ClFN5/c1-8-3-2-4-11(16)13(8)21-14(18-19-20-21)10-6-5-9(15)7-12(10)17/h2-7H,17H2,1H3. The van der Waals surface area contributed by atoms with Crippen LogP contribution in [0.25, 0.3) is 17.1 Å². The van der Waals surface area contributed by atoms with Crippen LogP contribution in [0.3, 0.4) is 0 Å². The van der Waals surface area contributed by atoms with Gasteiger partial charge in [-0.15, -0.1) is 5.10 Å². The Hall–Kier alpha value is -2.47. The third kappa shape index (κ3) is 2.34. The highest BCUT2D eigenvalue weighted by atomic mass is 35.5. The summed E-state index contributed by atoms with van der Waals surface area (Å²) in [6.07, 6.45) is 0. The topological polar surface area (TPSA) is 69.6 Å². The second-order valence-electron chi connectivity index (χ2n) is 4.55. The molecule has 0 atom stereocenters.